The quantitative estimate of drug-likeness (QED) is 0.542. The van der Waals surface area contributed by atoms with E-state index in [1.54, 1.807) is 4.90 Å². The molecule has 2 N–H and O–H groups in total. The zero-order chi connectivity index (χ0) is 8.27. The van der Waals surface area contributed by atoms with Gasteiger partial charge in [-0.2, -0.15) is 0 Å². The molecule has 4 nitrogen and oxygen atoms in total. The molecule has 0 aromatic carbocycles. The maximum Gasteiger partial charge on any atom is 0.225 e. The number of nitrogens with zero attached hydrogens (tertiary/aromatic N) is 1. The van der Waals surface area contributed by atoms with Crippen molar-refractivity contribution in [2.45, 2.75) is 12.5 Å². The second kappa shape index (κ2) is 3.69. The van der Waals surface area contributed by atoms with Gasteiger partial charge in [-0.3, -0.25) is 4.79 Å². The minimum atomic E-state index is -0.445. The van der Waals surface area contributed by atoms with E-state index in [4.69, 9.17) is 5.11 Å². The van der Waals surface area contributed by atoms with Gasteiger partial charge in [-0.1, -0.05) is 0 Å². The van der Waals surface area contributed by atoms with Crippen molar-refractivity contribution in [2.24, 2.45) is 0 Å². The standard InChI is InChI=1S/C7H14N2O2/c1-8-2-3-9-5-6(10)4-7(9)11/h6,8,10H,2-5H2,1H3. The first-order valence-corrected chi connectivity index (χ1v) is 3.84. The van der Waals surface area contributed by atoms with Crippen molar-refractivity contribution in [3.8, 4) is 0 Å². The predicted molar refractivity (Wildman–Crippen MR) is 41.1 cm³/mol. The molecule has 1 unspecified atom stereocenters. The van der Waals surface area contributed by atoms with Crippen LogP contribution in [0.1, 0.15) is 6.42 Å². The van der Waals surface area contributed by atoms with Gasteiger partial charge < -0.3 is 15.3 Å². The molecular formula is C7H14N2O2. The van der Waals surface area contributed by atoms with E-state index >= 15 is 0 Å². The van der Waals surface area contributed by atoms with Gasteiger partial charge >= 0.3 is 0 Å². The fourth-order valence-corrected chi connectivity index (χ4v) is 1.21. The number of likely N-dealkylation sites (N-methyl/N-ethyl adjacent to an activating group) is 1. The van der Waals surface area contributed by atoms with Crippen LogP contribution in [0.4, 0.5) is 0 Å². The topological polar surface area (TPSA) is 52.6 Å². The van der Waals surface area contributed by atoms with E-state index in [1.807, 2.05) is 7.05 Å². The normalized spacial score (nSPS) is 24.7. The molecule has 11 heavy (non-hydrogen) atoms. The van der Waals surface area contributed by atoms with E-state index < -0.39 is 6.10 Å². The molecule has 0 spiro atoms. The average Bonchev–Trinajstić information content (AvgIpc) is 2.26. The zero-order valence-electron chi connectivity index (χ0n) is 6.71. The summed E-state index contributed by atoms with van der Waals surface area (Å²) in [6.45, 7) is 1.99. The van der Waals surface area contributed by atoms with Crippen LogP contribution in [0.3, 0.4) is 0 Å². The summed E-state index contributed by atoms with van der Waals surface area (Å²) >= 11 is 0. The second-order valence-electron chi connectivity index (χ2n) is 2.80. The molecule has 1 amide bonds. The first-order valence-electron chi connectivity index (χ1n) is 3.84. The number of nitrogens with one attached hydrogen (secondary N) is 1. The maximum absolute atomic E-state index is 11.0. The lowest BCUT2D eigenvalue weighted by Crippen LogP contribution is -2.32. The van der Waals surface area contributed by atoms with Crippen LogP contribution in [0.15, 0.2) is 0 Å². The minimum Gasteiger partial charge on any atom is -0.391 e. The van der Waals surface area contributed by atoms with Gasteiger partial charge in [0, 0.05) is 19.6 Å². The van der Waals surface area contributed by atoms with Crippen LogP contribution >= 0.6 is 0 Å². The summed E-state index contributed by atoms with van der Waals surface area (Å²) in [4.78, 5) is 12.7. The Morgan fingerprint density at radius 2 is 2.55 bits per heavy atom. The summed E-state index contributed by atoms with van der Waals surface area (Å²) in [6, 6.07) is 0. The summed E-state index contributed by atoms with van der Waals surface area (Å²) in [5, 5.41) is 12.0. The fraction of sp³-hybridized carbons (Fsp3) is 0.857. The molecule has 0 aromatic rings. The van der Waals surface area contributed by atoms with Crippen LogP contribution < -0.4 is 5.32 Å². The van der Waals surface area contributed by atoms with Gasteiger partial charge in [-0.15, -0.1) is 0 Å². The van der Waals surface area contributed by atoms with Crippen LogP contribution in [0.5, 0.6) is 0 Å². The Hall–Kier alpha value is -0.610. The Morgan fingerprint density at radius 3 is 3.00 bits per heavy atom. The van der Waals surface area contributed by atoms with Crippen molar-refractivity contribution in [2.75, 3.05) is 26.7 Å². The highest BCUT2D eigenvalue weighted by Gasteiger charge is 2.26. The summed E-state index contributed by atoms with van der Waals surface area (Å²) in [7, 11) is 1.84. The Bertz CT molecular complexity index is 149. The van der Waals surface area contributed by atoms with Gasteiger partial charge in [0.1, 0.15) is 0 Å². The smallest absolute Gasteiger partial charge is 0.225 e. The van der Waals surface area contributed by atoms with Crippen LogP contribution in [0.25, 0.3) is 0 Å². The van der Waals surface area contributed by atoms with Crippen molar-refractivity contribution >= 4 is 5.91 Å². The highest BCUT2D eigenvalue weighted by molar-refractivity contribution is 5.78. The van der Waals surface area contributed by atoms with Crippen molar-refractivity contribution in [1.29, 1.82) is 0 Å². The van der Waals surface area contributed by atoms with E-state index in [0.717, 1.165) is 6.54 Å². The molecule has 64 valence electrons. The molecule has 1 aliphatic rings. The first-order chi connectivity index (χ1) is 5.24. The molecule has 1 heterocycles. The van der Waals surface area contributed by atoms with E-state index in [2.05, 4.69) is 5.32 Å². The van der Waals surface area contributed by atoms with Crippen molar-refractivity contribution in [3.05, 3.63) is 0 Å². The molecule has 0 saturated carbocycles. The average molecular weight is 158 g/mol. The van der Waals surface area contributed by atoms with Crippen LogP contribution in [0, 0.1) is 0 Å². The largest absolute Gasteiger partial charge is 0.391 e. The molecule has 4 heteroatoms. The Labute approximate surface area is 66.2 Å². The van der Waals surface area contributed by atoms with E-state index in [9.17, 15) is 4.79 Å². The monoisotopic (exact) mass is 158 g/mol. The highest BCUT2D eigenvalue weighted by Crippen LogP contribution is 2.09. The van der Waals surface area contributed by atoms with Gasteiger partial charge in [0.25, 0.3) is 0 Å². The van der Waals surface area contributed by atoms with E-state index in [0.29, 0.717) is 19.5 Å². The summed E-state index contributed by atoms with van der Waals surface area (Å²) < 4.78 is 0. The summed E-state index contributed by atoms with van der Waals surface area (Å²) in [5.41, 5.74) is 0. The van der Waals surface area contributed by atoms with Gasteiger partial charge in [-0.25, -0.2) is 0 Å². The Kier molecular flexibility index (Phi) is 2.84. The minimum absolute atomic E-state index is 0.0627. The maximum atomic E-state index is 11.0. The third-order valence-electron chi connectivity index (χ3n) is 1.83. The highest BCUT2D eigenvalue weighted by atomic mass is 16.3. The third-order valence-corrected chi connectivity index (χ3v) is 1.83. The third kappa shape index (κ3) is 2.17. The molecule has 0 bridgehead atoms. The first kappa shape index (κ1) is 8.49. The number of carbonyl (C=O) groups is 1. The predicted octanol–water partition coefficient (Wildman–Crippen LogP) is -1.20. The van der Waals surface area contributed by atoms with Crippen molar-refractivity contribution in [1.82, 2.24) is 10.2 Å². The number of rotatable bonds is 3. The zero-order valence-corrected chi connectivity index (χ0v) is 6.71. The molecule has 0 aliphatic carbocycles. The lowest BCUT2D eigenvalue weighted by atomic mass is 10.3. The van der Waals surface area contributed by atoms with Gasteiger partial charge in [0.05, 0.1) is 12.5 Å². The molecule has 1 fully saturated rings. The van der Waals surface area contributed by atoms with E-state index in [-0.39, 0.29) is 5.91 Å². The summed E-state index contributed by atoms with van der Waals surface area (Å²) in [5.74, 6) is 0.0627. The van der Waals surface area contributed by atoms with Crippen LogP contribution in [-0.4, -0.2) is 48.7 Å². The summed E-state index contributed by atoms with van der Waals surface area (Å²) in [6.07, 6.45) is -0.150. The lowest BCUT2D eigenvalue weighted by molar-refractivity contribution is -0.127. The number of aliphatic hydroxyl groups is 1. The van der Waals surface area contributed by atoms with Crippen molar-refractivity contribution < 1.29 is 9.90 Å². The molecule has 0 radical (unpaired) electrons. The number of carbonyl (C=O) groups excluding carboxylic acids is 1. The molecule has 1 rings (SSSR count). The van der Waals surface area contributed by atoms with Crippen LogP contribution in [0.2, 0.25) is 0 Å². The van der Waals surface area contributed by atoms with E-state index in [1.165, 1.54) is 0 Å². The van der Waals surface area contributed by atoms with Crippen molar-refractivity contribution in [3.63, 3.8) is 0 Å². The number of hydrogen-bond donors (Lipinski definition) is 2. The van der Waals surface area contributed by atoms with Gasteiger partial charge in [0.15, 0.2) is 0 Å². The fourth-order valence-electron chi connectivity index (χ4n) is 1.21. The molecule has 1 atom stereocenters. The molecule has 1 saturated heterocycles. The number of aliphatic hydroxyl groups excluding tert-OH is 1. The number of hydrogen-bond acceptors (Lipinski definition) is 3. The number of amides is 1. The van der Waals surface area contributed by atoms with Gasteiger partial charge in [-0.05, 0) is 7.05 Å². The molecule has 1 aliphatic heterocycles. The number of β-amino-alcohol motifs (C(OH)–C–C–N with tert-alkyl or cyclic N) is 1. The van der Waals surface area contributed by atoms with Crippen LogP contribution in [-0.2, 0) is 4.79 Å². The number of likely N-dealkylation sites (tertiary alicyclic amines) is 1. The SMILES string of the molecule is CNCCN1CC(O)CC1=O. The Balaban J connectivity index is 2.29. The van der Waals surface area contributed by atoms with Gasteiger partial charge in [0.2, 0.25) is 5.91 Å². The second-order valence-corrected chi connectivity index (χ2v) is 2.80. The molecule has 0 aromatic heterocycles. The molecular weight excluding hydrogens is 144 g/mol. The lowest BCUT2D eigenvalue weighted by Gasteiger charge is -2.14. The Morgan fingerprint density at radius 1 is 1.82 bits per heavy atom.